The summed E-state index contributed by atoms with van der Waals surface area (Å²) in [7, 11) is 1.38. The third-order valence-corrected chi connectivity index (χ3v) is 2.97. The van der Waals surface area contributed by atoms with E-state index in [0.29, 0.717) is 11.1 Å². The predicted molar refractivity (Wildman–Crippen MR) is 71.8 cm³/mol. The molecule has 0 saturated heterocycles. The van der Waals surface area contributed by atoms with Crippen LogP contribution in [0.25, 0.3) is 0 Å². The minimum atomic E-state index is -0.512. The molecule has 0 atom stereocenters. The number of hydrogen-bond acceptors (Lipinski definition) is 2. The topological polar surface area (TPSA) is 26.3 Å². The first-order valence-electron chi connectivity index (χ1n) is 6.17. The minimum absolute atomic E-state index is 0.0135. The molecule has 0 aliphatic heterocycles. The summed E-state index contributed by atoms with van der Waals surface area (Å²) in [4.78, 5) is 11.9. The standard InChI is InChI=1S/C16H14F2O2/c1-20-15-4-2-3-12(16(15)18)10-14(19)9-11-5-7-13(17)8-6-11/h2-8H,9-10H2,1H3. The summed E-state index contributed by atoms with van der Waals surface area (Å²) in [6, 6.07) is 10.4. The molecule has 0 aliphatic rings. The Balaban J connectivity index is 2.06. The van der Waals surface area contributed by atoms with Gasteiger partial charge in [0.15, 0.2) is 11.6 Å². The molecule has 104 valence electrons. The number of ketones is 1. The highest BCUT2D eigenvalue weighted by Crippen LogP contribution is 2.20. The molecule has 2 aromatic rings. The number of carbonyl (C=O) groups is 1. The van der Waals surface area contributed by atoms with Crippen LogP contribution in [0.2, 0.25) is 0 Å². The molecule has 0 aliphatic carbocycles. The predicted octanol–water partition coefficient (Wildman–Crippen LogP) is 3.33. The monoisotopic (exact) mass is 276 g/mol. The van der Waals surface area contributed by atoms with Gasteiger partial charge in [0.25, 0.3) is 0 Å². The summed E-state index contributed by atoms with van der Waals surface area (Å²) in [5, 5.41) is 0. The van der Waals surface area contributed by atoms with Crippen LogP contribution in [0.1, 0.15) is 11.1 Å². The first kappa shape index (κ1) is 14.2. The summed E-state index contributed by atoms with van der Waals surface area (Å²) < 4.78 is 31.5. The number of rotatable bonds is 5. The molecular formula is C16H14F2O2. The van der Waals surface area contributed by atoms with Gasteiger partial charge in [0, 0.05) is 12.8 Å². The van der Waals surface area contributed by atoms with Gasteiger partial charge in [-0.25, -0.2) is 8.78 Å². The van der Waals surface area contributed by atoms with Gasteiger partial charge in [-0.05, 0) is 29.3 Å². The van der Waals surface area contributed by atoms with E-state index in [9.17, 15) is 13.6 Å². The molecule has 0 aromatic heterocycles. The highest BCUT2D eigenvalue weighted by molar-refractivity contribution is 5.83. The molecule has 0 unspecified atom stereocenters. The van der Waals surface area contributed by atoms with Gasteiger partial charge >= 0.3 is 0 Å². The van der Waals surface area contributed by atoms with Crippen molar-refractivity contribution >= 4 is 5.78 Å². The van der Waals surface area contributed by atoms with Crippen molar-refractivity contribution in [2.45, 2.75) is 12.8 Å². The van der Waals surface area contributed by atoms with Crippen molar-refractivity contribution < 1.29 is 18.3 Å². The van der Waals surface area contributed by atoms with Gasteiger partial charge in [0.1, 0.15) is 11.6 Å². The van der Waals surface area contributed by atoms with Crippen LogP contribution in [0.4, 0.5) is 8.78 Å². The van der Waals surface area contributed by atoms with Gasteiger partial charge in [-0.1, -0.05) is 24.3 Å². The lowest BCUT2D eigenvalue weighted by Gasteiger charge is -2.07. The molecular weight excluding hydrogens is 262 g/mol. The van der Waals surface area contributed by atoms with Crippen molar-refractivity contribution in [2.75, 3.05) is 7.11 Å². The number of hydrogen-bond donors (Lipinski definition) is 0. The van der Waals surface area contributed by atoms with Crippen LogP contribution >= 0.6 is 0 Å². The third-order valence-electron chi connectivity index (χ3n) is 2.97. The van der Waals surface area contributed by atoms with Crippen molar-refractivity contribution in [3.8, 4) is 5.75 Å². The Bertz CT molecular complexity index is 606. The van der Waals surface area contributed by atoms with Gasteiger partial charge in [-0.2, -0.15) is 0 Å². The zero-order chi connectivity index (χ0) is 14.5. The second kappa shape index (κ2) is 6.28. The number of carbonyl (C=O) groups excluding carboxylic acids is 1. The summed E-state index contributed by atoms with van der Waals surface area (Å²) >= 11 is 0. The molecule has 0 spiro atoms. The van der Waals surface area contributed by atoms with Crippen LogP contribution in [0.5, 0.6) is 5.75 Å². The smallest absolute Gasteiger partial charge is 0.168 e. The second-order valence-corrected chi connectivity index (χ2v) is 4.45. The van der Waals surface area contributed by atoms with E-state index in [1.165, 1.54) is 25.3 Å². The summed E-state index contributed by atoms with van der Waals surface area (Å²) in [5.41, 5.74) is 1.01. The molecule has 20 heavy (non-hydrogen) atoms. The highest BCUT2D eigenvalue weighted by atomic mass is 19.1. The molecule has 0 saturated carbocycles. The average Bonchev–Trinajstić information content (AvgIpc) is 2.44. The molecule has 2 rings (SSSR count). The Labute approximate surface area is 116 Å². The zero-order valence-corrected chi connectivity index (χ0v) is 11.0. The van der Waals surface area contributed by atoms with E-state index in [1.54, 1.807) is 24.3 Å². The molecule has 2 aromatic carbocycles. The first-order valence-corrected chi connectivity index (χ1v) is 6.17. The van der Waals surface area contributed by atoms with Gasteiger partial charge in [0.05, 0.1) is 7.11 Å². The number of methoxy groups -OCH3 is 1. The molecule has 0 heterocycles. The maximum atomic E-state index is 13.9. The molecule has 0 amide bonds. The summed E-state index contributed by atoms with van der Waals surface area (Å²) in [6.07, 6.45) is 0.136. The van der Waals surface area contributed by atoms with Crippen LogP contribution < -0.4 is 4.74 Å². The van der Waals surface area contributed by atoms with Crippen molar-refractivity contribution in [3.63, 3.8) is 0 Å². The highest BCUT2D eigenvalue weighted by Gasteiger charge is 2.12. The number of halogens is 2. The van der Waals surface area contributed by atoms with E-state index in [4.69, 9.17) is 4.74 Å². The van der Waals surface area contributed by atoms with Crippen molar-refractivity contribution in [1.82, 2.24) is 0 Å². The van der Waals surface area contributed by atoms with Crippen molar-refractivity contribution in [2.24, 2.45) is 0 Å². The van der Waals surface area contributed by atoms with Crippen LogP contribution in [0.3, 0.4) is 0 Å². The Kier molecular flexibility index (Phi) is 4.45. The Morgan fingerprint density at radius 3 is 2.40 bits per heavy atom. The van der Waals surface area contributed by atoms with Crippen LogP contribution in [0, 0.1) is 11.6 Å². The quantitative estimate of drug-likeness (QED) is 0.837. The lowest BCUT2D eigenvalue weighted by molar-refractivity contribution is -0.117. The fourth-order valence-electron chi connectivity index (χ4n) is 1.96. The number of ether oxygens (including phenoxy) is 1. The molecule has 0 bridgehead atoms. The zero-order valence-electron chi connectivity index (χ0n) is 11.0. The van der Waals surface area contributed by atoms with Crippen molar-refractivity contribution in [1.29, 1.82) is 0 Å². The van der Waals surface area contributed by atoms with Gasteiger partial charge in [0.2, 0.25) is 0 Å². The van der Waals surface area contributed by atoms with Gasteiger partial charge < -0.3 is 4.74 Å². The molecule has 0 fully saturated rings. The Hall–Kier alpha value is -2.23. The van der Waals surface area contributed by atoms with Crippen LogP contribution in [-0.2, 0) is 17.6 Å². The van der Waals surface area contributed by atoms with Crippen LogP contribution in [0.15, 0.2) is 42.5 Å². The Morgan fingerprint density at radius 2 is 1.75 bits per heavy atom. The van der Waals surface area contributed by atoms with E-state index in [-0.39, 0.29) is 30.2 Å². The maximum Gasteiger partial charge on any atom is 0.168 e. The fourth-order valence-corrected chi connectivity index (χ4v) is 1.96. The maximum absolute atomic E-state index is 13.9. The van der Waals surface area contributed by atoms with E-state index < -0.39 is 5.82 Å². The number of Topliss-reactive ketones (excluding diaryl/α,β-unsaturated/α-hetero) is 1. The SMILES string of the molecule is COc1cccc(CC(=O)Cc2ccc(F)cc2)c1F. The molecule has 0 radical (unpaired) electrons. The average molecular weight is 276 g/mol. The third kappa shape index (κ3) is 3.41. The van der Waals surface area contributed by atoms with E-state index in [2.05, 4.69) is 0 Å². The molecule has 0 N–H and O–H groups in total. The summed E-state index contributed by atoms with van der Waals surface area (Å²) in [6.45, 7) is 0. The molecule has 4 heteroatoms. The fraction of sp³-hybridized carbons (Fsp3) is 0.188. The van der Waals surface area contributed by atoms with E-state index in [0.717, 1.165) is 0 Å². The largest absolute Gasteiger partial charge is 0.494 e. The first-order chi connectivity index (χ1) is 9.60. The Morgan fingerprint density at radius 1 is 1.05 bits per heavy atom. The van der Waals surface area contributed by atoms with Gasteiger partial charge in [-0.15, -0.1) is 0 Å². The van der Waals surface area contributed by atoms with E-state index >= 15 is 0 Å². The van der Waals surface area contributed by atoms with E-state index in [1.807, 2.05) is 0 Å². The summed E-state index contributed by atoms with van der Waals surface area (Å²) in [5.74, 6) is -0.872. The number of benzene rings is 2. The normalized spacial score (nSPS) is 10.3. The lowest BCUT2D eigenvalue weighted by Crippen LogP contribution is -2.08. The second-order valence-electron chi connectivity index (χ2n) is 4.45. The minimum Gasteiger partial charge on any atom is -0.494 e. The molecule has 2 nitrogen and oxygen atoms in total. The lowest BCUT2D eigenvalue weighted by atomic mass is 10.0. The van der Waals surface area contributed by atoms with Gasteiger partial charge in [-0.3, -0.25) is 4.79 Å². The van der Waals surface area contributed by atoms with Crippen molar-refractivity contribution in [3.05, 3.63) is 65.2 Å². The van der Waals surface area contributed by atoms with Crippen LogP contribution in [-0.4, -0.2) is 12.9 Å².